The van der Waals surface area contributed by atoms with Crippen LogP contribution in [0.5, 0.6) is 0 Å². The van der Waals surface area contributed by atoms with Gasteiger partial charge in [0.2, 0.25) is 11.1 Å². The highest BCUT2D eigenvalue weighted by Crippen LogP contribution is 2.36. The summed E-state index contributed by atoms with van der Waals surface area (Å²) in [6.07, 6.45) is 1.14. The molecule has 0 radical (unpaired) electrons. The van der Waals surface area contributed by atoms with E-state index >= 15 is 0 Å². The fourth-order valence-electron chi connectivity index (χ4n) is 2.99. The van der Waals surface area contributed by atoms with Crippen LogP contribution < -0.4 is 5.43 Å². The first kappa shape index (κ1) is 19.3. The predicted octanol–water partition coefficient (Wildman–Crippen LogP) is 5.10. The number of aromatic nitrogens is 2. The number of fused-ring (bicyclic) bond motifs is 1. The van der Waals surface area contributed by atoms with Crippen molar-refractivity contribution in [2.75, 3.05) is 0 Å². The summed E-state index contributed by atoms with van der Waals surface area (Å²) in [5.41, 5.74) is 0.828. The second-order valence-corrected chi connectivity index (χ2v) is 8.53. The molecule has 0 aliphatic rings. The number of nitrogens with zero attached hydrogens (tertiary/aromatic N) is 3. The van der Waals surface area contributed by atoms with Crippen LogP contribution >= 0.6 is 23.1 Å². The lowest BCUT2D eigenvalue weighted by atomic mass is 10.2. The summed E-state index contributed by atoms with van der Waals surface area (Å²) in [4.78, 5) is 28.3. The molecule has 0 N–H and O–H groups in total. The maximum Gasteiger partial charge on any atom is 0.348 e. The fourth-order valence-corrected chi connectivity index (χ4v) is 5.40. The van der Waals surface area contributed by atoms with Crippen molar-refractivity contribution in [1.82, 2.24) is 9.55 Å². The minimum Gasteiger partial charge on any atom is -0.358 e. The molecule has 0 unspecified atom stereocenters. The van der Waals surface area contributed by atoms with E-state index in [1.54, 1.807) is 6.92 Å². The van der Waals surface area contributed by atoms with Gasteiger partial charge in [-0.25, -0.2) is 9.37 Å². The van der Waals surface area contributed by atoms with Crippen LogP contribution in [0.3, 0.4) is 0 Å². The number of thioether (sulfide) groups is 1. The molecule has 0 spiro atoms. The van der Waals surface area contributed by atoms with Crippen molar-refractivity contribution in [2.24, 2.45) is 0 Å². The number of imidazole rings is 1. The summed E-state index contributed by atoms with van der Waals surface area (Å²) < 4.78 is 16.1. The second kappa shape index (κ2) is 7.76. The average Bonchev–Trinajstić information content (AvgIpc) is 3.08. The Kier molecular flexibility index (Phi) is 5.16. The highest BCUT2D eigenvalue weighted by molar-refractivity contribution is 8.00. The fraction of sp³-hybridized carbons (Fsp3) is 0.100. The molecule has 6 nitrogen and oxygen atoms in total. The lowest BCUT2D eigenvalue weighted by molar-refractivity contribution is -0.391. The van der Waals surface area contributed by atoms with E-state index in [-0.39, 0.29) is 11.5 Å². The first-order valence-corrected chi connectivity index (χ1v) is 10.4. The van der Waals surface area contributed by atoms with Crippen LogP contribution in [0.25, 0.3) is 15.8 Å². The van der Waals surface area contributed by atoms with Crippen molar-refractivity contribution in [1.29, 1.82) is 0 Å². The number of hydrogen-bond donors (Lipinski definition) is 0. The third-order valence-electron chi connectivity index (χ3n) is 4.34. The Morgan fingerprint density at radius 2 is 2.00 bits per heavy atom. The lowest BCUT2D eigenvalue weighted by Gasteiger charge is -2.09. The molecule has 2 aromatic heterocycles. The molecule has 2 heterocycles. The highest BCUT2D eigenvalue weighted by atomic mass is 32.2. The van der Waals surface area contributed by atoms with Crippen LogP contribution in [-0.4, -0.2) is 14.5 Å². The molecular weight excluding hydrogens is 413 g/mol. The van der Waals surface area contributed by atoms with Crippen molar-refractivity contribution in [3.8, 4) is 5.69 Å². The Morgan fingerprint density at radius 1 is 1.24 bits per heavy atom. The Labute approximate surface area is 172 Å². The van der Waals surface area contributed by atoms with Gasteiger partial charge in [0.15, 0.2) is 5.82 Å². The third kappa shape index (κ3) is 3.66. The van der Waals surface area contributed by atoms with Gasteiger partial charge in [-0.05, 0) is 28.7 Å². The average molecular weight is 427 g/mol. The quantitative estimate of drug-likeness (QED) is 0.252. The first-order chi connectivity index (χ1) is 14.0. The standard InChI is InChI=1S/C20H14FN3O3S2/c1-12-22-10-17(24(26)27)23(12)18-19(25)15-8-7-14(21)9-16(15)29-20(18)28-11-13-5-3-2-4-6-13/h2-10H,11H2,1H3. The molecule has 0 atom stereocenters. The van der Waals surface area contributed by atoms with Crippen molar-refractivity contribution in [3.05, 3.63) is 92.3 Å². The molecule has 0 bridgehead atoms. The molecule has 0 fully saturated rings. The van der Waals surface area contributed by atoms with Gasteiger partial charge in [-0.2, -0.15) is 4.57 Å². The predicted molar refractivity (Wildman–Crippen MR) is 113 cm³/mol. The third-order valence-corrected chi connectivity index (χ3v) is 6.82. The number of rotatable bonds is 5. The normalized spacial score (nSPS) is 11.1. The van der Waals surface area contributed by atoms with Gasteiger partial charge < -0.3 is 10.1 Å². The van der Waals surface area contributed by atoms with E-state index in [1.807, 2.05) is 30.3 Å². The molecule has 0 aliphatic heterocycles. The van der Waals surface area contributed by atoms with Crippen molar-refractivity contribution in [2.45, 2.75) is 16.9 Å². The lowest BCUT2D eigenvalue weighted by Crippen LogP contribution is -2.15. The van der Waals surface area contributed by atoms with Crippen LogP contribution in [0.2, 0.25) is 0 Å². The Bertz CT molecular complexity index is 1290. The Morgan fingerprint density at radius 3 is 2.72 bits per heavy atom. The minimum absolute atomic E-state index is 0.178. The van der Waals surface area contributed by atoms with E-state index in [2.05, 4.69) is 4.98 Å². The summed E-state index contributed by atoms with van der Waals surface area (Å²) >= 11 is 2.63. The largest absolute Gasteiger partial charge is 0.358 e. The van der Waals surface area contributed by atoms with Gasteiger partial charge in [-0.3, -0.25) is 4.79 Å². The number of halogens is 1. The molecule has 0 amide bonds. The van der Waals surface area contributed by atoms with Gasteiger partial charge in [0.05, 0.1) is 0 Å². The van der Waals surface area contributed by atoms with E-state index in [1.165, 1.54) is 45.9 Å². The van der Waals surface area contributed by atoms with E-state index < -0.39 is 16.2 Å². The van der Waals surface area contributed by atoms with E-state index in [0.717, 1.165) is 11.8 Å². The number of aryl methyl sites for hydroxylation is 1. The molecule has 0 saturated carbocycles. The van der Waals surface area contributed by atoms with Gasteiger partial charge >= 0.3 is 5.82 Å². The summed E-state index contributed by atoms with van der Waals surface area (Å²) in [5, 5.41) is 11.8. The van der Waals surface area contributed by atoms with Gasteiger partial charge in [-0.1, -0.05) is 30.3 Å². The number of hydrogen-bond acceptors (Lipinski definition) is 6. The summed E-state index contributed by atoms with van der Waals surface area (Å²) in [6, 6.07) is 13.6. The summed E-state index contributed by atoms with van der Waals surface area (Å²) in [6.45, 7) is 1.61. The molecule has 4 aromatic rings. The molecule has 146 valence electrons. The SMILES string of the molecule is Cc1ncc([N+](=O)[O-])n1-c1c(SCc2ccccc2)sc2cc(F)ccc2c1=O. The smallest absolute Gasteiger partial charge is 0.348 e. The zero-order valence-corrected chi connectivity index (χ0v) is 16.8. The van der Waals surface area contributed by atoms with E-state index in [9.17, 15) is 19.3 Å². The van der Waals surface area contributed by atoms with Gasteiger partial charge in [-0.15, -0.1) is 23.1 Å². The van der Waals surface area contributed by atoms with Crippen LogP contribution in [0.1, 0.15) is 11.4 Å². The van der Waals surface area contributed by atoms with Gasteiger partial charge in [0, 0.05) is 22.8 Å². The molecular formula is C20H14FN3O3S2. The maximum absolute atomic E-state index is 13.8. The monoisotopic (exact) mass is 427 g/mol. The number of benzene rings is 2. The molecule has 2 aromatic carbocycles. The second-order valence-electron chi connectivity index (χ2n) is 6.24. The Hall–Kier alpha value is -3.04. The van der Waals surface area contributed by atoms with Crippen LogP contribution in [0, 0.1) is 22.9 Å². The van der Waals surface area contributed by atoms with Crippen molar-refractivity contribution >= 4 is 39.0 Å². The molecule has 29 heavy (non-hydrogen) atoms. The van der Waals surface area contributed by atoms with Crippen LogP contribution in [0.15, 0.2) is 63.7 Å². The zero-order valence-electron chi connectivity index (χ0n) is 15.2. The van der Waals surface area contributed by atoms with Crippen molar-refractivity contribution < 1.29 is 9.31 Å². The first-order valence-electron chi connectivity index (χ1n) is 8.58. The van der Waals surface area contributed by atoms with Gasteiger partial charge in [0.25, 0.3) is 0 Å². The summed E-state index contributed by atoms with van der Waals surface area (Å²) in [7, 11) is 0. The van der Waals surface area contributed by atoms with E-state index in [4.69, 9.17) is 0 Å². The molecule has 0 aliphatic carbocycles. The van der Waals surface area contributed by atoms with E-state index in [0.29, 0.717) is 25.9 Å². The summed E-state index contributed by atoms with van der Waals surface area (Å²) in [5.74, 6) is 0.176. The number of nitro groups is 1. The zero-order chi connectivity index (χ0) is 20.5. The molecule has 9 heteroatoms. The highest BCUT2D eigenvalue weighted by Gasteiger charge is 2.27. The van der Waals surface area contributed by atoms with Gasteiger partial charge in [0.1, 0.15) is 16.2 Å². The molecule has 0 saturated heterocycles. The topological polar surface area (TPSA) is 78.0 Å². The van der Waals surface area contributed by atoms with Crippen LogP contribution in [0.4, 0.5) is 10.2 Å². The maximum atomic E-state index is 13.8. The Balaban J connectivity index is 1.95. The van der Waals surface area contributed by atoms with Crippen LogP contribution in [-0.2, 0) is 5.75 Å². The van der Waals surface area contributed by atoms with Crippen molar-refractivity contribution in [3.63, 3.8) is 0 Å². The minimum atomic E-state index is -0.565. The molecule has 4 rings (SSSR count).